The molecule has 0 bridgehead atoms. The van der Waals surface area contributed by atoms with E-state index in [1.54, 1.807) is 0 Å². The average molecular weight is 165 g/mol. The fourth-order valence-corrected chi connectivity index (χ4v) is 1.81. The molecular weight excluding hydrogens is 154 g/mol. The molecule has 2 N–H and O–H groups in total. The highest BCUT2D eigenvalue weighted by molar-refractivity contribution is 5.75. The number of nitrogens with one attached hydrogen (secondary N) is 1. The van der Waals surface area contributed by atoms with Gasteiger partial charge in [0.25, 0.3) is 0 Å². The van der Waals surface area contributed by atoms with Crippen LogP contribution in [0.1, 0.15) is 6.42 Å². The topological polar surface area (TPSA) is 49.3 Å². The van der Waals surface area contributed by atoms with Crippen LogP contribution >= 0.6 is 0 Å². The van der Waals surface area contributed by atoms with Crippen LogP contribution in [0.15, 0.2) is 23.3 Å². The molecular formula is C9H11NO2. The Morgan fingerprint density at radius 2 is 2.42 bits per heavy atom. The van der Waals surface area contributed by atoms with E-state index in [0.29, 0.717) is 6.42 Å². The van der Waals surface area contributed by atoms with Crippen LogP contribution in [0, 0.1) is 5.92 Å². The number of hydrogen-bond donors (Lipinski definition) is 2. The Labute approximate surface area is 70.8 Å². The molecule has 0 saturated heterocycles. The summed E-state index contributed by atoms with van der Waals surface area (Å²) in [4.78, 5) is 10.8. The molecule has 3 heteroatoms. The molecule has 1 heterocycles. The quantitative estimate of drug-likeness (QED) is 0.596. The SMILES string of the molecule is O=C(O)C1CC=CC2=C1CNC2. The highest BCUT2D eigenvalue weighted by Crippen LogP contribution is 2.27. The van der Waals surface area contributed by atoms with E-state index >= 15 is 0 Å². The fraction of sp³-hybridized carbons (Fsp3) is 0.444. The largest absolute Gasteiger partial charge is 0.481 e. The molecule has 0 radical (unpaired) electrons. The number of rotatable bonds is 1. The smallest absolute Gasteiger partial charge is 0.311 e. The van der Waals surface area contributed by atoms with Crippen LogP contribution in [0.2, 0.25) is 0 Å². The molecule has 0 amide bonds. The van der Waals surface area contributed by atoms with Gasteiger partial charge >= 0.3 is 5.97 Å². The van der Waals surface area contributed by atoms with E-state index in [9.17, 15) is 4.79 Å². The Balaban J connectivity index is 2.29. The van der Waals surface area contributed by atoms with E-state index in [4.69, 9.17) is 5.11 Å². The predicted octanol–water partition coefficient (Wildman–Crippen LogP) is 0.547. The molecule has 2 aliphatic rings. The summed E-state index contributed by atoms with van der Waals surface area (Å²) in [6.45, 7) is 1.58. The standard InChI is InChI=1S/C9H11NO2/c11-9(12)7-3-1-2-6-4-10-5-8(6)7/h1-2,7,10H,3-5H2,(H,11,12). The van der Waals surface area contributed by atoms with Gasteiger partial charge in [-0.15, -0.1) is 0 Å². The molecule has 1 aliphatic carbocycles. The number of aliphatic carboxylic acids is 1. The van der Waals surface area contributed by atoms with Crippen LogP contribution < -0.4 is 5.32 Å². The molecule has 0 saturated carbocycles. The lowest BCUT2D eigenvalue weighted by molar-refractivity contribution is -0.140. The second kappa shape index (κ2) is 2.75. The Hall–Kier alpha value is -1.09. The summed E-state index contributed by atoms with van der Waals surface area (Å²) in [6.07, 6.45) is 4.63. The summed E-state index contributed by atoms with van der Waals surface area (Å²) in [5.41, 5.74) is 2.25. The molecule has 1 unspecified atom stereocenters. The number of hydrogen-bond acceptors (Lipinski definition) is 2. The first-order chi connectivity index (χ1) is 5.79. The maximum Gasteiger partial charge on any atom is 0.311 e. The second-order valence-corrected chi connectivity index (χ2v) is 3.18. The van der Waals surface area contributed by atoms with Crippen molar-refractivity contribution in [1.82, 2.24) is 5.32 Å². The second-order valence-electron chi connectivity index (χ2n) is 3.18. The minimum Gasteiger partial charge on any atom is -0.481 e. The van der Waals surface area contributed by atoms with Gasteiger partial charge in [-0.1, -0.05) is 12.2 Å². The first-order valence-corrected chi connectivity index (χ1v) is 4.11. The van der Waals surface area contributed by atoms with Crippen LogP contribution in [0.3, 0.4) is 0 Å². The summed E-state index contributed by atoms with van der Waals surface area (Å²) in [5.74, 6) is -0.976. The zero-order valence-corrected chi connectivity index (χ0v) is 6.71. The van der Waals surface area contributed by atoms with Crippen LogP contribution in [-0.4, -0.2) is 24.2 Å². The van der Waals surface area contributed by atoms with E-state index in [-0.39, 0.29) is 5.92 Å². The molecule has 0 fully saturated rings. The molecule has 12 heavy (non-hydrogen) atoms. The lowest BCUT2D eigenvalue weighted by atomic mass is 9.89. The number of carboxylic acids is 1. The van der Waals surface area contributed by atoms with Gasteiger partial charge in [0.2, 0.25) is 0 Å². The third kappa shape index (κ3) is 1.06. The molecule has 0 aromatic rings. The Morgan fingerprint density at radius 1 is 1.58 bits per heavy atom. The third-order valence-electron chi connectivity index (χ3n) is 2.45. The van der Waals surface area contributed by atoms with Gasteiger partial charge < -0.3 is 10.4 Å². The molecule has 1 aliphatic heterocycles. The fourth-order valence-electron chi connectivity index (χ4n) is 1.81. The third-order valence-corrected chi connectivity index (χ3v) is 2.45. The Bertz CT molecular complexity index is 278. The van der Waals surface area contributed by atoms with Crippen molar-refractivity contribution >= 4 is 5.97 Å². The van der Waals surface area contributed by atoms with Crippen molar-refractivity contribution in [2.24, 2.45) is 5.92 Å². The summed E-state index contributed by atoms with van der Waals surface area (Å²) < 4.78 is 0. The Morgan fingerprint density at radius 3 is 3.17 bits per heavy atom. The first-order valence-electron chi connectivity index (χ1n) is 4.11. The summed E-state index contributed by atoms with van der Waals surface area (Å²) in [5, 5.41) is 12.0. The van der Waals surface area contributed by atoms with Crippen molar-refractivity contribution in [3.63, 3.8) is 0 Å². The zero-order chi connectivity index (χ0) is 8.55. The van der Waals surface area contributed by atoms with Gasteiger partial charge in [-0.3, -0.25) is 4.79 Å². The van der Waals surface area contributed by atoms with E-state index < -0.39 is 5.97 Å². The summed E-state index contributed by atoms with van der Waals surface area (Å²) in [7, 11) is 0. The van der Waals surface area contributed by atoms with Gasteiger partial charge in [-0.05, 0) is 17.6 Å². The maximum absolute atomic E-state index is 10.8. The zero-order valence-electron chi connectivity index (χ0n) is 6.71. The van der Waals surface area contributed by atoms with E-state index in [2.05, 4.69) is 5.32 Å². The van der Waals surface area contributed by atoms with Crippen LogP contribution in [-0.2, 0) is 4.79 Å². The van der Waals surface area contributed by atoms with Gasteiger partial charge in [0, 0.05) is 13.1 Å². The molecule has 0 spiro atoms. The van der Waals surface area contributed by atoms with Crippen molar-refractivity contribution in [1.29, 1.82) is 0 Å². The van der Waals surface area contributed by atoms with Crippen molar-refractivity contribution in [2.45, 2.75) is 6.42 Å². The van der Waals surface area contributed by atoms with Crippen molar-refractivity contribution in [3.05, 3.63) is 23.3 Å². The molecule has 2 rings (SSSR count). The number of allylic oxidation sites excluding steroid dienone is 1. The Kier molecular flexibility index (Phi) is 1.73. The van der Waals surface area contributed by atoms with E-state index in [1.165, 1.54) is 5.57 Å². The van der Waals surface area contributed by atoms with E-state index in [0.717, 1.165) is 18.7 Å². The normalized spacial score (nSPS) is 27.5. The van der Waals surface area contributed by atoms with Crippen molar-refractivity contribution in [3.8, 4) is 0 Å². The molecule has 3 nitrogen and oxygen atoms in total. The molecule has 0 aromatic carbocycles. The van der Waals surface area contributed by atoms with Gasteiger partial charge in [0.15, 0.2) is 0 Å². The lowest BCUT2D eigenvalue weighted by Gasteiger charge is -2.15. The molecule has 1 atom stereocenters. The predicted molar refractivity (Wildman–Crippen MR) is 44.8 cm³/mol. The minimum absolute atomic E-state index is 0.278. The first kappa shape index (κ1) is 7.55. The minimum atomic E-state index is -0.699. The highest BCUT2D eigenvalue weighted by Gasteiger charge is 2.28. The van der Waals surface area contributed by atoms with E-state index in [1.807, 2.05) is 12.2 Å². The van der Waals surface area contributed by atoms with Crippen molar-refractivity contribution in [2.75, 3.05) is 13.1 Å². The molecule has 0 aromatic heterocycles. The maximum atomic E-state index is 10.8. The monoisotopic (exact) mass is 165 g/mol. The van der Waals surface area contributed by atoms with Crippen LogP contribution in [0.5, 0.6) is 0 Å². The summed E-state index contributed by atoms with van der Waals surface area (Å²) in [6, 6.07) is 0. The van der Waals surface area contributed by atoms with Gasteiger partial charge in [-0.25, -0.2) is 0 Å². The number of carboxylic acid groups (broad SMARTS) is 1. The average Bonchev–Trinajstić information content (AvgIpc) is 2.49. The van der Waals surface area contributed by atoms with Crippen molar-refractivity contribution < 1.29 is 9.90 Å². The number of carbonyl (C=O) groups is 1. The van der Waals surface area contributed by atoms with Crippen LogP contribution in [0.4, 0.5) is 0 Å². The molecule has 64 valence electrons. The lowest BCUT2D eigenvalue weighted by Crippen LogP contribution is -2.20. The van der Waals surface area contributed by atoms with Gasteiger partial charge in [-0.2, -0.15) is 0 Å². The highest BCUT2D eigenvalue weighted by atomic mass is 16.4. The van der Waals surface area contributed by atoms with Crippen LogP contribution in [0.25, 0.3) is 0 Å². The van der Waals surface area contributed by atoms with Gasteiger partial charge in [0.05, 0.1) is 5.92 Å². The van der Waals surface area contributed by atoms with Gasteiger partial charge in [0.1, 0.15) is 0 Å². The summed E-state index contributed by atoms with van der Waals surface area (Å²) >= 11 is 0.